The van der Waals surface area contributed by atoms with Crippen molar-refractivity contribution in [3.8, 4) is 5.75 Å². The van der Waals surface area contributed by atoms with Gasteiger partial charge in [-0.05, 0) is 26.0 Å². The number of phenols is 1. The predicted molar refractivity (Wildman–Crippen MR) is 61.6 cm³/mol. The molecule has 0 aromatic heterocycles. The quantitative estimate of drug-likeness (QED) is 0.812. The smallest absolute Gasteiger partial charge is 0.255 e. The molecule has 16 heavy (non-hydrogen) atoms. The third kappa shape index (κ3) is 3.24. The minimum atomic E-state index is -0.286. The Kier molecular flexibility index (Phi) is 4.31. The van der Waals surface area contributed by atoms with Crippen LogP contribution >= 0.6 is 0 Å². The van der Waals surface area contributed by atoms with Crippen LogP contribution in [0.2, 0.25) is 0 Å². The molecule has 0 aliphatic carbocycles. The van der Waals surface area contributed by atoms with Gasteiger partial charge in [0.2, 0.25) is 0 Å². The Morgan fingerprint density at radius 2 is 2.25 bits per heavy atom. The number of carbonyl (C=O) groups excluding carboxylic acids is 1. The number of phenolic OH excluding ortho intramolecular Hbond substituents is 1. The summed E-state index contributed by atoms with van der Waals surface area (Å²) in [5, 5.41) is 12.3. The van der Waals surface area contributed by atoms with E-state index in [0.29, 0.717) is 12.2 Å². The van der Waals surface area contributed by atoms with E-state index in [0.717, 1.165) is 5.56 Å². The highest BCUT2D eigenvalue weighted by molar-refractivity contribution is 5.97. The molecule has 1 aromatic rings. The molecule has 2 N–H and O–H groups in total. The van der Waals surface area contributed by atoms with E-state index in [1.807, 2.05) is 13.8 Å². The van der Waals surface area contributed by atoms with E-state index in [2.05, 4.69) is 5.32 Å². The first-order valence-corrected chi connectivity index (χ1v) is 5.14. The van der Waals surface area contributed by atoms with Crippen LogP contribution in [0.15, 0.2) is 18.2 Å². The topological polar surface area (TPSA) is 58.6 Å². The lowest BCUT2D eigenvalue weighted by atomic mass is 10.1. The molecule has 0 spiro atoms. The molecule has 4 nitrogen and oxygen atoms in total. The van der Waals surface area contributed by atoms with Gasteiger partial charge >= 0.3 is 0 Å². The summed E-state index contributed by atoms with van der Waals surface area (Å²) in [6.07, 6.45) is 0. The number of benzene rings is 1. The summed E-state index contributed by atoms with van der Waals surface area (Å²) in [5.41, 5.74) is 1.23. The van der Waals surface area contributed by atoms with Crippen LogP contribution in [0.3, 0.4) is 0 Å². The fourth-order valence-corrected chi connectivity index (χ4v) is 1.42. The average Bonchev–Trinajstić information content (AvgIpc) is 2.21. The molecule has 0 aliphatic heterocycles. The summed E-state index contributed by atoms with van der Waals surface area (Å²) in [7, 11) is 1.58. The van der Waals surface area contributed by atoms with Gasteiger partial charge < -0.3 is 15.2 Å². The van der Waals surface area contributed by atoms with Crippen LogP contribution in [0.1, 0.15) is 22.8 Å². The van der Waals surface area contributed by atoms with Gasteiger partial charge in [-0.2, -0.15) is 0 Å². The molecule has 88 valence electrons. The highest BCUT2D eigenvalue weighted by Gasteiger charge is 2.13. The Morgan fingerprint density at radius 1 is 1.56 bits per heavy atom. The van der Waals surface area contributed by atoms with Gasteiger partial charge in [0.25, 0.3) is 5.91 Å². The third-order valence-corrected chi connectivity index (χ3v) is 2.19. The minimum Gasteiger partial charge on any atom is -0.507 e. The zero-order chi connectivity index (χ0) is 12.1. The molecule has 1 rings (SSSR count). The lowest BCUT2D eigenvalue weighted by molar-refractivity contribution is 0.0903. The van der Waals surface area contributed by atoms with Crippen molar-refractivity contribution in [2.24, 2.45) is 0 Å². The van der Waals surface area contributed by atoms with Crippen molar-refractivity contribution < 1.29 is 14.6 Å². The Bertz CT molecular complexity index is 377. The SMILES string of the molecule is COC[C@@H](C)NC(=O)c1cc(C)ccc1O. The fourth-order valence-electron chi connectivity index (χ4n) is 1.42. The van der Waals surface area contributed by atoms with E-state index in [1.165, 1.54) is 6.07 Å². The van der Waals surface area contributed by atoms with Gasteiger partial charge in [-0.25, -0.2) is 0 Å². The first-order valence-electron chi connectivity index (χ1n) is 5.14. The van der Waals surface area contributed by atoms with Gasteiger partial charge in [-0.1, -0.05) is 11.6 Å². The van der Waals surface area contributed by atoms with Crippen LogP contribution in [0.25, 0.3) is 0 Å². The van der Waals surface area contributed by atoms with E-state index >= 15 is 0 Å². The molecule has 0 heterocycles. The van der Waals surface area contributed by atoms with Crippen molar-refractivity contribution >= 4 is 5.91 Å². The van der Waals surface area contributed by atoms with Gasteiger partial charge in [0.15, 0.2) is 0 Å². The molecular formula is C12H17NO3. The standard InChI is InChI=1S/C12H17NO3/c1-8-4-5-11(14)10(6-8)12(15)13-9(2)7-16-3/h4-6,9,14H,7H2,1-3H3,(H,13,15)/t9-/m1/s1. The minimum absolute atomic E-state index is 0.00674. The van der Waals surface area contributed by atoms with Crippen LogP contribution in [-0.2, 0) is 4.74 Å². The maximum atomic E-state index is 11.8. The van der Waals surface area contributed by atoms with E-state index < -0.39 is 0 Å². The molecule has 0 bridgehead atoms. The van der Waals surface area contributed by atoms with Crippen LogP contribution < -0.4 is 5.32 Å². The van der Waals surface area contributed by atoms with Gasteiger partial charge in [0.1, 0.15) is 5.75 Å². The number of aryl methyl sites for hydroxylation is 1. The third-order valence-electron chi connectivity index (χ3n) is 2.19. The molecule has 0 saturated heterocycles. The highest BCUT2D eigenvalue weighted by Crippen LogP contribution is 2.17. The van der Waals surface area contributed by atoms with E-state index in [9.17, 15) is 9.90 Å². The Labute approximate surface area is 95.2 Å². The molecule has 1 aromatic carbocycles. The number of hydrogen-bond donors (Lipinski definition) is 2. The molecule has 4 heteroatoms. The molecule has 0 radical (unpaired) electrons. The maximum absolute atomic E-state index is 11.8. The van der Waals surface area contributed by atoms with Crippen LogP contribution in [0.5, 0.6) is 5.75 Å². The number of rotatable bonds is 4. The van der Waals surface area contributed by atoms with E-state index in [1.54, 1.807) is 19.2 Å². The second-order valence-electron chi connectivity index (χ2n) is 3.85. The molecule has 0 unspecified atom stereocenters. The average molecular weight is 223 g/mol. The number of amides is 1. The van der Waals surface area contributed by atoms with Gasteiger partial charge in [0, 0.05) is 13.2 Å². The first kappa shape index (κ1) is 12.5. The summed E-state index contributed by atoms with van der Waals surface area (Å²) < 4.78 is 4.92. The number of nitrogens with one attached hydrogen (secondary N) is 1. The van der Waals surface area contributed by atoms with Crippen molar-refractivity contribution in [2.75, 3.05) is 13.7 Å². The molecule has 0 aliphatic rings. The number of carbonyl (C=O) groups is 1. The van der Waals surface area contributed by atoms with Crippen molar-refractivity contribution in [3.63, 3.8) is 0 Å². The van der Waals surface area contributed by atoms with E-state index in [-0.39, 0.29) is 17.7 Å². The number of methoxy groups -OCH3 is 1. The Balaban J connectivity index is 2.76. The number of ether oxygens (including phenoxy) is 1. The lowest BCUT2D eigenvalue weighted by Crippen LogP contribution is -2.35. The normalized spacial score (nSPS) is 12.2. The number of hydrogen-bond acceptors (Lipinski definition) is 3. The van der Waals surface area contributed by atoms with Crippen molar-refractivity contribution in [3.05, 3.63) is 29.3 Å². The lowest BCUT2D eigenvalue weighted by Gasteiger charge is -2.13. The van der Waals surface area contributed by atoms with Crippen LogP contribution in [-0.4, -0.2) is 30.8 Å². The molecular weight excluding hydrogens is 206 g/mol. The summed E-state index contributed by atoms with van der Waals surface area (Å²) >= 11 is 0. The molecule has 0 saturated carbocycles. The Hall–Kier alpha value is -1.55. The zero-order valence-electron chi connectivity index (χ0n) is 9.78. The van der Waals surface area contributed by atoms with Crippen molar-refractivity contribution in [1.29, 1.82) is 0 Å². The largest absolute Gasteiger partial charge is 0.507 e. The summed E-state index contributed by atoms with van der Waals surface area (Å²) in [4.78, 5) is 11.8. The summed E-state index contributed by atoms with van der Waals surface area (Å²) in [6, 6.07) is 4.84. The van der Waals surface area contributed by atoms with Gasteiger partial charge in [-0.3, -0.25) is 4.79 Å². The zero-order valence-corrected chi connectivity index (χ0v) is 9.78. The Morgan fingerprint density at radius 3 is 2.88 bits per heavy atom. The molecule has 0 fully saturated rings. The predicted octanol–water partition coefficient (Wildman–Crippen LogP) is 1.47. The van der Waals surface area contributed by atoms with E-state index in [4.69, 9.17) is 4.74 Å². The van der Waals surface area contributed by atoms with Crippen molar-refractivity contribution in [1.82, 2.24) is 5.32 Å². The second kappa shape index (κ2) is 5.51. The van der Waals surface area contributed by atoms with Gasteiger partial charge in [-0.15, -0.1) is 0 Å². The number of aromatic hydroxyl groups is 1. The highest BCUT2D eigenvalue weighted by atomic mass is 16.5. The summed E-state index contributed by atoms with van der Waals surface area (Å²) in [5.74, 6) is -0.293. The fraction of sp³-hybridized carbons (Fsp3) is 0.417. The monoisotopic (exact) mass is 223 g/mol. The maximum Gasteiger partial charge on any atom is 0.255 e. The second-order valence-corrected chi connectivity index (χ2v) is 3.85. The summed E-state index contributed by atoms with van der Waals surface area (Å²) in [6.45, 7) is 4.15. The first-order chi connectivity index (χ1) is 7.54. The van der Waals surface area contributed by atoms with Gasteiger partial charge in [0.05, 0.1) is 12.2 Å². The molecule has 1 atom stereocenters. The van der Waals surface area contributed by atoms with Crippen LogP contribution in [0.4, 0.5) is 0 Å². The van der Waals surface area contributed by atoms with Crippen molar-refractivity contribution in [2.45, 2.75) is 19.9 Å². The van der Waals surface area contributed by atoms with Crippen LogP contribution in [0, 0.1) is 6.92 Å². The molecule has 1 amide bonds.